The van der Waals surface area contributed by atoms with Gasteiger partial charge in [0.1, 0.15) is 0 Å². The summed E-state index contributed by atoms with van der Waals surface area (Å²) in [7, 11) is 4.00. The summed E-state index contributed by atoms with van der Waals surface area (Å²) in [5.41, 5.74) is 0.792. The monoisotopic (exact) mass is 305 g/mol. The SMILES string of the molecule is CN(C)CCn1ncc(Br)c1C(O)CCCO. The van der Waals surface area contributed by atoms with E-state index in [9.17, 15) is 5.11 Å². The van der Waals surface area contributed by atoms with Crippen LogP contribution in [0.3, 0.4) is 0 Å². The van der Waals surface area contributed by atoms with Gasteiger partial charge in [0.2, 0.25) is 0 Å². The Bertz CT molecular complexity index is 341. The summed E-state index contributed by atoms with van der Waals surface area (Å²) in [5.74, 6) is 0. The van der Waals surface area contributed by atoms with Crippen molar-refractivity contribution in [3.63, 3.8) is 0 Å². The van der Waals surface area contributed by atoms with Crippen molar-refractivity contribution in [1.29, 1.82) is 0 Å². The van der Waals surface area contributed by atoms with Gasteiger partial charge in [-0.1, -0.05) is 0 Å². The van der Waals surface area contributed by atoms with Gasteiger partial charge in [-0.25, -0.2) is 0 Å². The Balaban J connectivity index is 2.71. The number of halogens is 1. The molecule has 1 aromatic rings. The van der Waals surface area contributed by atoms with E-state index in [4.69, 9.17) is 5.11 Å². The average Bonchev–Trinajstić information content (AvgIpc) is 2.64. The molecule has 0 aliphatic rings. The van der Waals surface area contributed by atoms with E-state index in [1.807, 2.05) is 18.8 Å². The first-order chi connectivity index (χ1) is 8.06. The molecule has 0 aliphatic heterocycles. The van der Waals surface area contributed by atoms with Gasteiger partial charge >= 0.3 is 0 Å². The number of hydrogen-bond donors (Lipinski definition) is 2. The summed E-state index contributed by atoms with van der Waals surface area (Å²) in [6.07, 6.45) is 2.25. The van der Waals surface area contributed by atoms with Gasteiger partial charge in [0.25, 0.3) is 0 Å². The van der Waals surface area contributed by atoms with Gasteiger partial charge in [0.05, 0.1) is 29.0 Å². The van der Waals surface area contributed by atoms with Gasteiger partial charge in [-0.05, 0) is 42.9 Å². The lowest BCUT2D eigenvalue weighted by Gasteiger charge is -2.15. The van der Waals surface area contributed by atoms with Crippen LogP contribution in [0, 0.1) is 0 Å². The van der Waals surface area contributed by atoms with Crippen LogP contribution in [0.5, 0.6) is 0 Å². The third kappa shape index (κ3) is 4.39. The first kappa shape index (κ1) is 14.6. The van der Waals surface area contributed by atoms with Crippen LogP contribution in [0.4, 0.5) is 0 Å². The van der Waals surface area contributed by atoms with Crippen LogP contribution in [0.1, 0.15) is 24.6 Å². The van der Waals surface area contributed by atoms with Crippen LogP contribution in [-0.4, -0.2) is 52.1 Å². The van der Waals surface area contributed by atoms with Crippen molar-refractivity contribution in [3.8, 4) is 0 Å². The van der Waals surface area contributed by atoms with E-state index in [1.54, 1.807) is 6.20 Å². The standard InChI is InChI=1S/C11H20BrN3O2/c1-14(2)5-6-15-11(9(12)8-13-15)10(17)4-3-7-16/h8,10,16-17H,3-7H2,1-2H3. The number of rotatable bonds is 7. The predicted molar refractivity (Wildman–Crippen MR) is 69.8 cm³/mol. The van der Waals surface area contributed by atoms with Crippen molar-refractivity contribution in [2.24, 2.45) is 0 Å². The Morgan fingerprint density at radius 1 is 1.53 bits per heavy atom. The molecule has 1 heterocycles. The molecule has 0 radical (unpaired) electrons. The number of aliphatic hydroxyl groups excluding tert-OH is 2. The van der Waals surface area contributed by atoms with Crippen molar-refractivity contribution >= 4 is 15.9 Å². The normalized spacial score (nSPS) is 13.3. The number of aliphatic hydroxyl groups is 2. The molecular weight excluding hydrogens is 286 g/mol. The molecule has 0 aromatic carbocycles. The summed E-state index contributed by atoms with van der Waals surface area (Å²) >= 11 is 3.40. The summed E-state index contributed by atoms with van der Waals surface area (Å²) in [5, 5.41) is 23.1. The van der Waals surface area contributed by atoms with E-state index < -0.39 is 6.10 Å². The van der Waals surface area contributed by atoms with Gasteiger partial charge in [-0.3, -0.25) is 4.68 Å². The first-order valence-corrected chi connectivity index (χ1v) is 6.50. The fourth-order valence-electron chi connectivity index (χ4n) is 1.60. The predicted octanol–water partition coefficient (Wildman–Crippen LogP) is 1.01. The minimum Gasteiger partial charge on any atom is -0.396 e. The highest BCUT2D eigenvalue weighted by molar-refractivity contribution is 9.10. The van der Waals surface area contributed by atoms with E-state index in [0.717, 1.165) is 23.3 Å². The van der Waals surface area contributed by atoms with Crippen molar-refractivity contribution in [1.82, 2.24) is 14.7 Å². The number of nitrogens with zero attached hydrogens (tertiary/aromatic N) is 3. The first-order valence-electron chi connectivity index (χ1n) is 5.71. The molecule has 0 saturated carbocycles. The molecule has 0 bridgehead atoms. The molecule has 0 amide bonds. The van der Waals surface area contributed by atoms with Gasteiger partial charge in [-0.15, -0.1) is 0 Å². The Labute approximate surface area is 110 Å². The van der Waals surface area contributed by atoms with E-state index in [0.29, 0.717) is 12.8 Å². The highest BCUT2D eigenvalue weighted by Gasteiger charge is 2.17. The Kier molecular flexibility index (Phi) is 6.11. The Morgan fingerprint density at radius 3 is 2.82 bits per heavy atom. The van der Waals surface area contributed by atoms with Crippen molar-refractivity contribution in [2.75, 3.05) is 27.2 Å². The second kappa shape index (κ2) is 7.10. The number of hydrogen-bond acceptors (Lipinski definition) is 4. The third-order valence-corrected chi connectivity index (χ3v) is 3.15. The molecule has 1 rings (SSSR count). The topological polar surface area (TPSA) is 61.5 Å². The molecule has 0 spiro atoms. The maximum Gasteiger partial charge on any atom is 0.0969 e. The van der Waals surface area contributed by atoms with Crippen LogP contribution < -0.4 is 0 Å². The Morgan fingerprint density at radius 2 is 2.24 bits per heavy atom. The van der Waals surface area contributed by atoms with Crippen LogP contribution >= 0.6 is 15.9 Å². The highest BCUT2D eigenvalue weighted by Crippen LogP contribution is 2.26. The number of likely N-dealkylation sites (N-methyl/N-ethyl adjacent to an activating group) is 1. The fourth-order valence-corrected chi connectivity index (χ4v) is 2.16. The third-order valence-electron chi connectivity index (χ3n) is 2.54. The summed E-state index contributed by atoms with van der Waals surface area (Å²) < 4.78 is 2.63. The van der Waals surface area contributed by atoms with Gasteiger partial charge < -0.3 is 15.1 Å². The van der Waals surface area contributed by atoms with Crippen LogP contribution in [0.25, 0.3) is 0 Å². The average molecular weight is 306 g/mol. The van der Waals surface area contributed by atoms with Crippen molar-refractivity contribution in [2.45, 2.75) is 25.5 Å². The van der Waals surface area contributed by atoms with E-state index in [2.05, 4.69) is 25.9 Å². The molecule has 0 aliphatic carbocycles. The lowest BCUT2D eigenvalue weighted by molar-refractivity contribution is 0.140. The molecule has 1 atom stereocenters. The fraction of sp³-hybridized carbons (Fsp3) is 0.727. The lowest BCUT2D eigenvalue weighted by atomic mass is 10.1. The second-order valence-corrected chi connectivity index (χ2v) is 5.14. The summed E-state index contributed by atoms with van der Waals surface area (Å²) in [4.78, 5) is 2.07. The zero-order valence-electron chi connectivity index (χ0n) is 10.3. The van der Waals surface area contributed by atoms with Gasteiger partial charge in [-0.2, -0.15) is 5.10 Å². The maximum absolute atomic E-state index is 10.1. The molecule has 6 heteroatoms. The zero-order valence-corrected chi connectivity index (χ0v) is 11.9. The Hall–Kier alpha value is -0.430. The van der Waals surface area contributed by atoms with Crippen molar-refractivity contribution in [3.05, 3.63) is 16.4 Å². The van der Waals surface area contributed by atoms with E-state index in [-0.39, 0.29) is 6.61 Å². The van der Waals surface area contributed by atoms with Crippen LogP contribution in [0.15, 0.2) is 10.7 Å². The number of aromatic nitrogens is 2. The molecule has 0 saturated heterocycles. The van der Waals surface area contributed by atoms with Crippen molar-refractivity contribution < 1.29 is 10.2 Å². The second-order valence-electron chi connectivity index (χ2n) is 4.29. The molecule has 17 heavy (non-hydrogen) atoms. The van der Waals surface area contributed by atoms with E-state index in [1.165, 1.54) is 0 Å². The zero-order chi connectivity index (χ0) is 12.8. The minimum atomic E-state index is -0.582. The summed E-state index contributed by atoms with van der Waals surface area (Å²) in [6.45, 7) is 1.71. The maximum atomic E-state index is 10.1. The molecule has 1 aromatic heterocycles. The largest absolute Gasteiger partial charge is 0.396 e. The highest BCUT2D eigenvalue weighted by atomic mass is 79.9. The lowest BCUT2D eigenvalue weighted by Crippen LogP contribution is -2.21. The molecule has 98 valence electrons. The molecule has 5 nitrogen and oxygen atoms in total. The minimum absolute atomic E-state index is 0.0977. The van der Waals surface area contributed by atoms with Crippen LogP contribution in [-0.2, 0) is 6.54 Å². The summed E-state index contributed by atoms with van der Waals surface area (Å²) in [6, 6.07) is 0. The quantitative estimate of drug-likeness (QED) is 0.789. The van der Waals surface area contributed by atoms with Gasteiger partial charge in [0, 0.05) is 13.2 Å². The molecule has 1 unspecified atom stereocenters. The molecule has 0 fully saturated rings. The van der Waals surface area contributed by atoms with E-state index >= 15 is 0 Å². The van der Waals surface area contributed by atoms with Crippen LogP contribution in [0.2, 0.25) is 0 Å². The van der Waals surface area contributed by atoms with Gasteiger partial charge in [0.15, 0.2) is 0 Å². The molecule has 2 N–H and O–H groups in total. The smallest absolute Gasteiger partial charge is 0.0969 e. The molecular formula is C11H20BrN3O2.